The molecule has 0 saturated heterocycles. The van der Waals surface area contributed by atoms with Crippen LogP contribution in [0.4, 0.5) is 0 Å². The first-order valence-corrected chi connectivity index (χ1v) is 21.7. The van der Waals surface area contributed by atoms with Gasteiger partial charge in [-0.2, -0.15) is 0 Å². The van der Waals surface area contributed by atoms with Gasteiger partial charge < -0.3 is 23.8 Å². The van der Waals surface area contributed by atoms with E-state index in [1.807, 2.05) is 21.1 Å². The molecule has 0 aromatic carbocycles. The lowest BCUT2D eigenvalue weighted by atomic mass is 10.1. The Bertz CT molecular complexity index is 1030. The van der Waals surface area contributed by atoms with E-state index in [0.29, 0.717) is 19.3 Å². The Labute approximate surface area is 331 Å². The van der Waals surface area contributed by atoms with E-state index in [2.05, 4.69) is 62.5 Å². The number of carboxylic acids is 1. The van der Waals surface area contributed by atoms with Crippen molar-refractivity contribution >= 4 is 17.9 Å². The van der Waals surface area contributed by atoms with Crippen LogP contribution in [0.15, 0.2) is 48.6 Å². The van der Waals surface area contributed by atoms with E-state index in [1.54, 1.807) is 0 Å². The second-order valence-electron chi connectivity index (χ2n) is 15.6. The van der Waals surface area contributed by atoms with Gasteiger partial charge in [-0.15, -0.1) is 0 Å². The molecule has 0 amide bonds. The summed E-state index contributed by atoms with van der Waals surface area (Å²) in [6.45, 7) is 4.57. The predicted molar refractivity (Wildman–Crippen MR) is 224 cm³/mol. The lowest BCUT2D eigenvalue weighted by Gasteiger charge is -2.31. The molecule has 54 heavy (non-hydrogen) atoms. The van der Waals surface area contributed by atoms with Crippen molar-refractivity contribution in [1.29, 1.82) is 0 Å². The molecule has 8 nitrogen and oxygen atoms in total. The van der Waals surface area contributed by atoms with Crippen molar-refractivity contribution in [3.05, 3.63) is 48.6 Å². The van der Waals surface area contributed by atoms with E-state index in [1.165, 1.54) is 64.2 Å². The molecular formula is C46H82NO7+. The zero-order valence-corrected chi connectivity index (χ0v) is 35.4. The van der Waals surface area contributed by atoms with Crippen molar-refractivity contribution in [2.45, 2.75) is 187 Å². The van der Waals surface area contributed by atoms with Gasteiger partial charge in [0, 0.05) is 19.3 Å². The Hall–Kier alpha value is -2.71. The van der Waals surface area contributed by atoms with Crippen molar-refractivity contribution in [2.75, 3.05) is 41.0 Å². The lowest BCUT2D eigenvalue weighted by molar-refractivity contribution is -0.887. The highest BCUT2D eigenvalue weighted by atomic mass is 16.6. The number of rotatable bonds is 38. The van der Waals surface area contributed by atoms with Gasteiger partial charge in [0.25, 0.3) is 0 Å². The lowest BCUT2D eigenvalue weighted by Crippen LogP contribution is -2.50. The van der Waals surface area contributed by atoms with Crippen LogP contribution in [-0.4, -0.2) is 80.6 Å². The van der Waals surface area contributed by atoms with Crippen molar-refractivity contribution < 1.29 is 38.2 Å². The third-order valence-corrected chi connectivity index (χ3v) is 9.46. The third-order valence-electron chi connectivity index (χ3n) is 9.46. The number of esters is 2. The van der Waals surface area contributed by atoms with Crippen LogP contribution in [0.5, 0.6) is 0 Å². The summed E-state index contributed by atoms with van der Waals surface area (Å²) in [4.78, 5) is 36.9. The number of carbonyl (C=O) groups excluding carboxylic acids is 2. The second kappa shape index (κ2) is 37.2. The minimum absolute atomic E-state index is 0.0558. The molecule has 8 heteroatoms. The van der Waals surface area contributed by atoms with Gasteiger partial charge in [-0.25, -0.2) is 4.79 Å². The van der Waals surface area contributed by atoms with Gasteiger partial charge in [0.15, 0.2) is 12.1 Å². The molecule has 0 fully saturated rings. The van der Waals surface area contributed by atoms with E-state index in [9.17, 15) is 19.5 Å². The number of hydrogen-bond acceptors (Lipinski definition) is 6. The van der Waals surface area contributed by atoms with E-state index < -0.39 is 18.1 Å². The Morgan fingerprint density at radius 2 is 1.04 bits per heavy atom. The molecule has 0 aliphatic rings. The largest absolute Gasteiger partial charge is 0.477 e. The summed E-state index contributed by atoms with van der Waals surface area (Å²) in [5, 5.41) is 9.61. The number of quaternary nitrogens is 1. The number of ether oxygens (including phenoxy) is 3. The molecular weight excluding hydrogens is 679 g/mol. The highest BCUT2D eigenvalue weighted by Crippen LogP contribution is 2.14. The molecule has 0 spiro atoms. The Morgan fingerprint density at radius 3 is 1.56 bits per heavy atom. The van der Waals surface area contributed by atoms with Gasteiger partial charge in [-0.1, -0.05) is 140 Å². The van der Waals surface area contributed by atoms with Gasteiger partial charge in [0.05, 0.1) is 34.4 Å². The number of carboxylic acid groups (broad SMARTS) is 1. The number of hydrogen-bond donors (Lipinski definition) is 1. The van der Waals surface area contributed by atoms with Crippen LogP contribution >= 0.6 is 0 Å². The number of nitrogens with zero attached hydrogens (tertiary/aromatic N) is 1. The van der Waals surface area contributed by atoms with Crippen LogP contribution in [0.3, 0.4) is 0 Å². The summed E-state index contributed by atoms with van der Waals surface area (Å²) in [6.07, 6.45) is 42.9. The fourth-order valence-electron chi connectivity index (χ4n) is 6.09. The van der Waals surface area contributed by atoms with Crippen molar-refractivity contribution in [3.63, 3.8) is 0 Å². The first-order valence-electron chi connectivity index (χ1n) is 21.7. The van der Waals surface area contributed by atoms with Gasteiger partial charge in [0.2, 0.25) is 0 Å². The summed E-state index contributed by atoms with van der Waals surface area (Å²) in [5.74, 6) is -1.49. The first-order chi connectivity index (χ1) is 26.1. The number of aliphatic carboxylic acids is 1. The molecule has 2 atom stereocenters. The van der Waals surface area contributed by atoms with Crippen LogP contribution in [0.1, 0.15) is 174 Å². The minimum Gasteiger partial charge on any atom is -0.477 e. The second-order valence-corrected chi connectivity index (χ2v) is 15.6. The smallest absolute Gasteiger partial charge is 0.362 e. The van der Waals surface area contributed by atoms with Crippen LogP contribution in [0.2, 0.25) is 0 Å². The maximum Gasteiger partial charge on any atom is 0.362 e. The SMILES string of the molecule is CC/C=C/C/C=C/C/C=C/CCCCCCCCCCCC(=O)OC(COCCC(C(=O)O)[N+](C)(C)C)COC(=O)CCCCCCC/C=C/CCCC. The third kappa shape index (κ3) is 35.0. The molecule has 0 aromatic rings. The number of carbonyl (C=O) groups is 3. The summed E-state index contributed by atoms with van der Waals surface area (Å²) < 4.78 is 17.2. The molecule has 1 N–H and O–H groups in total. The summed E-state index contributed by atoms with van der Waals surface area (Å²) in [6, 6.07) is -0.616. The molecule has 0 aliphatic heterocycles. The van der Waals surface area contributed by atoms with Crippen molar-refractivity contribution in [1.82, 2.24) is 0 Å². The van der Waals surface area contributed by atoms with Crippen LogP contribution in [0.25, 0.3) is 0 Å². The average Bonchev–Trinajstić information content (AvgIpc) is 3.12. The maximum absolute atomic E-state index is 12.7. The van der Waals surface area contributed by atoms with Crippen LogP contribution < -0.4 is 0 Å². The highest BCUT2D eigenvalue weighted by Gasteiger charge is 2.31. The fraction of sp³-hybridized carbons (Fsp3) is 0.761. The number of unbranched alkanes of at least 4 members (excludes halogenated alkanes) is 16. The zero-order chi connectivity index (χ0) is 40.0. The monoisotopic (exact) mass is 761 g/mol. The summed E-state index contributed by atoms with van der Waals surface area (Å²) >= 11 is 0. The molecule has 0 radical (unpaired) electrons. The molecule has 0 heterocycles. The first kappa shape index (κ1) is 51.3. The summed E-state index contributed by atoms with van der Waals surface area (Å²) in [5.41, 5.74) is 0. The molecule has 2 unspecified atom stereocenters. The molecule has 0 aliphatic carbocycles. The fourth-order valence-corrected chi connectivity index (χ4v) is 6.09. The van der Waals surface area contributed by atoms with Crippen molar-refractivity contribution in [2.24, 2.45) is 0 Å². The number of allylic oxidation sites excluding steroid dienone is 8. The molecule has 0 bridgehead atoms. The van der Waals surface area contributed by atoms with E-state index in [0.717, 1.165) is 77.0 Å². The topological polar surface area (TPSA) is 99.1 Å². The van der Waals surface area contributed by atoms with E-state index >= 15 is 0 Å². The molecule has 312 valence electrons. The van der Waals surface area contributed by atoms with E-state index in [-0.39, 0.29) is 36.2 Å². The van der Waals surface area contributed by atoms with Gasteiger partial charge in [-0.05, 0) is 64.2 Å². The van der Waals surface area contributed by atoms with Gasteiger partial charge in [0.1, 0.15) is 6.61 Å². The van der Waals surface area contributed by atoms with Crippen molar-refractivity contribution in [3.8, 4) is 0 Å². The van der Waals surface area contributed by atoms with E-state index in [4.69, 9.17) is 14.2 Å². The van der Waals surface area contributed by atoms with Crippen LogP contribution in [-0.2, 0) is 28.6 Å². The molecule has 0 rings (SSSR count). The Kier molecular flexibility index (Phi) is 35.4. The molecule has 0 aromatic heterocycles. The Morgan fingerprint density at radius 1 is 0.574 bits per heavy atom. The molecule has 0 saturated carbocycles. The highest BCUT2D eigenvalue weighted by molar-refractivity contribution is 5.72. The predicted octanol–water partition coefficient (Wildman–Crippen LogP) is 11.6. The van der Waals surface area contributed by atoms with Crippen LogP contribution in [0, 0.1) is 0 Å². The Balaban J connectivity index is 4.33. The maximum atomic E-state index is 12.7. The summed E-state index contributed by atoms with van der Waals surface area (Å²) in [7, 11) is 5.52. The van der Waals surface area contributed by atoms with Gasteiger partial charge >= 0.3 is 17.9 Å². The zero-order valence-electron chi connectivity index (χ0n) is 35.4. The normalized spacial score (nSPS) is 13.4. The standard InChI is InChI=1S/C46H81NO7/c1-6-8-10-12-14-16-18-19-20-21-22-23-24-25-27-29-31-33-35-37-45(49)54-42(40-52-39-38-43(46(50)51)47(3,4)5)41-53-44(48)36-34-32-30-28-26-17-15-13-11-9-7-2/h8,10,13-16,19-20,42-43H,6-7,9,11-12,17-18,21-41H2,1-5H3/p+1/b10-8+,15-13+,16-14+,20-19+. The average molecular weight is 761 g/mol. The minimum atomic E-state index is -0.878. The van der Waals surface area contributed by atoms with Gasteiger partial charge in [-0.3, -0.25) is 9.59 Å². The number of likely N-dealkylation sites (N-methyl/N-ethyl adjacent to an activating group) is 1. The quantitative estimate of drug-likeness (QED) is 0.0289.